The third-order valence-electron chi connectivity index (χ3n) is 10.1. The average molecular weight is 855 g/mol. The summed E-state index contributed by atoms with van der Waals surface area (Å²) in [6.45, 7) is 10.6. The molecule has 0 radical (unpaired) electrons. The molecule has 0 heterocycles. The molecule has 0 N–H and O–H groups in total. The fourth-order valence-corrected chi connectivity index (χ4v) is 6.45. The third-order valence-corrected chi connectivity index (χ3v) is 10.1. The molecule has 354 valence electrons. The summed E-state index contributed by atoms with van der Waals surface area (Å²) in [5, 5.41) is 0. The SMILES string of the molecule is CCCCCCCC/C=C\CCCCCCCC(=O)OCCOCCOCCOCCOCCOCCOCCOC(=O)CCCCCCC/C=C\CCCCCCCC. The molecule has 0 spiro atoms. The van der Waals surface area contributed by atoms with Crippen LogP contribution in [0, 0.1) is 0 Å². The van der Waals surface area contributed by atoms with Crippen LogP contribution in [0.3, 0.4) is 0 Å². The first-order chi connectivity index (χ1) is 29.7. The first-order valence-corrected chi connectivity index (χ1v) is 24.8. The number of hydrogen-bond donors (Lipinski definition) is 0. The van der Waals surface area contributed by atoms with Crippen molar-refractivity contribution in [3.8, 4) is 0 Å². The predicted octanol–water partition coefficient (Wildman–Crippen LogP) is 12.2. The van der Waals surface area contributed by atoms with Gasteiger partial charge in [0.25, 0.3) is 0 Å². The average Bonchev–Trinajstić information content (AvgIpc) is 3.25. The van der Waals surface area contributed by atoms with Gasteiger partial charge in [-0.15, -0.1) is 0 Å². The summed E-state index contributed by atoms with van der Waals surface area (Å²) in [4.78, 5) is 23.8. The van der Waals surface area contributed by atoms with E-state index in [0.29, 0.717) is 92.1 Å². The molecule has 0 atom stereocenters. The van der Waals surface area contributed by atoms with Crippen LogP contribution < -0.4 is 0 Å². The van der Waals surface area contributed by atoms with Gasteiger partial charge in [-0.2, -0.15) is 0 Å². The molecule has 0 aromatic heterocycles. The summed E-state index contributed by atoms with van der Waals surface area (Å²) in [7, 11) is 0. The first-order valence-electron chi connectivity index (χ1n) is 24.8. The Labute approximate surface area is 368 Å². The van der Waals surface area contributed by atoms with Gasteiger partial charge in [-0.1, -0.05) is 141 Å². The number of ether oxygens (including phenoxy) is 8. The summed E-state index contributed by atoms with van der Waals surface area (Å²) < 4.78 is 43.5. The van der Waals surface area contributed by atoms with Crippen LogP contribution in [-0.2, 0) is 47.5 Å². The van der Waals surface area contributed by atoms with E-state index in [4.69, 9.17) is 37.9 Å². The molecule has 0 aromatic rings. The summed E-state index contributed by atoms with van der Waals surface area (Å²) in [6, 6.07) is 0. The number of hydrogen-bond acceptors (Lipinski definition) is 10. The van der Waals surface area contributed by atoms with Crippen molar-refractivity contribution in [3.63, 3.8) is 0 Å². The highest BCUT2D eigenvalue weighted by molar-refractivity contribution is 5.69. The molecule has 0 fully saturated rings. The highest BCUT2D eigenvalue weighted by atomic mass is 16.6. The van der Waals surface area contributed by atoms with Gasteiger partial charge in [0.2, 0.25) is 0 Å². The first kappa shape index (κ1) is 58.2. The lowest BCUT2D eigenvalue weighted by Gasteiger charge is -2.09. The molecule has 0 saturated carbocycles. The van der Waals surface area contributed by atoms with E-state index in [1.54, 1.807) is 0 Å². The zero-order chi connectivity index (χ0) is 43.3. The molecule has 10 nitrogen and oxygen atoms in total. The van der Waals surface area contributed by atoms with Gasteiger partial charge in [0.15, 0.2) is 0 Å². The number of allylic oxidation sites excluding steroid dienone is 4. The van der Waals surface area contributed by atoms with Gasteiger partial charge in [-0.05, 0) is 64.2 Å². The smallest absolute Gasteiger partial charge is 0.305 e. The van der Waals surface area contributed by atoms with Gasteiger partial charge in [0.05, 0.1) is 79.3 Å². The summed E-state index contributed by atoms with van der Waals surface area (Å²) in [5.41, 5.74) is 0. The molecule has 0 saturated heterocycles. The minimum atomic E-state index is -0.141. The van der Waals surface area contributed by atoms with E-state index in [1.165, 1.54) is 141 Å². The van der Waals surface area contributed by atoms with Gasteiger partial charge in [0, 0.05) is 12.8 Å². The van der Waals surface area contributed by atoms with Crippen molar-refractivity contribution in [2.45, 2.75) is 194 Å². The van der Waals surface area contributed by atoms with Crippen molar-refractivity contribution in [2.24, 2.45) is 0 Å². The minimum Gasteiger partial charge on any atom is -0.463 e. The Hall–Kier alpha value is -1.82. The van der Waals surface area contributed by atoms with E-state index >= 15 is 0 Å². The van der Waals surface area contributed by atoms with Crippen LogP contribution >= 0.6 is 0 Å². The zero-order valence-electron chi connectivity index (χ0n) is 39.1. The van der Waals surface area contributed by atoms with Crippen LogP contribution in [0.1, 0.15) is 194 Å². The molecule has 60 heavy (non-hydrogen) atoms. The number of carbonyl (C=O) groups excluding carboxylic acids is 2. The number of rotatable bonds is 51. The van der Waals surface area contributed by atoms with Crippen LogP contribution in [0.5, 0.6) is 0 Å². The monoisotopic (exact) mass is 855 g/mol. The van der Waals surface area contributed by atoms with Crippen molar-refractivity contribution in [1.29, 1.82) is 0 Å². The van der Waals surface area contributed by atoms with Crippen LogP contribution in [0.25, 0.3) is 0 Å². The van der Waals surface area contributed by atoms with Crippen molar-refractivity contribution >= 4 is 11.9 Å². The van der Waals surface area contributed by atoms with E-state index < -0.39 is 0 Å². The van der Waals surface area contributed by atoms with Crippen LogP contribution in [0.2, 0.25) is 0 Å². The van der Waals surface area contributed by atoms with E-state index in [1.807, 2.05) is 0 Å². The molecule has 0 bridgehead atoms. The second-order valence-corrected chi connectivity index (χ2v) is 15.8. The minimum absolute atomic E-state index is 0.141. The van der Waals surface area contributed by atoms with Gasteiger partial charge >= 0.3 is 11.9 Å². The number of esters is 2. The Bertz CT molecular complexity index is 839. The maximum absolute atomic E-state index is 11.9. The second kappa shape index (κ2) is 53.3. The molecule has 0 aromatic carbocycles. The van der Waals surface area contributed by atoms with Gasteiger partial charge in [-0.3, -0.25) is 9.59 Å². The lowest BCUT2D eigenvalue weighted by molar-refractivity contribution is -0.146. The molecular formula is C50H94O10. The second-order valence-electron chi connectivity index (χ2n) is 15.8. The van der Waals surface area contributed by atoms with Crippen molar-refractivity contribution in [2.75, 3.05) is 92.5 Å². The van der Waals surface area contributed by atoms with E-state index in [0.717, 1.165) is 25.7 Å². The molecule has 0 aliphatic heterocycles. The number of carbonyl (C=O) groups is 2. The molecule has 0 rings (SSSR count). The predicted molar refractivity (Wildman–Crippen MR) is 246 cm³/mol. The van der Waals surface area contributed by atoms with E-state index in [-0.39, 0.29) is 25.2 Å². The van der Waals surface area contributed by atoms with Crippen molar-refractivity contribution in [3.05, 3.63) is 24.3 Å². The largest absolute Gasteiger partial charge is 0.463 e. The van der Waals surface area contributed by atoms with Gasteiger partial charge in [-0.25, -0.2) is 0 Å². The standard InChI is InChI=1S/C50H94O10/c1-3-5-7-9-11-13-15-17-19-21-23-25-27-29-31-33-49(51)59-47-45-57-43-41-55-39-37-53-35-36-54-38-40-56-42-44-58-46-48-60-50(52)34-32-30-28-26-24-22-20-18-16-14-12-10-8-6-4-2/h17-20H,3-16,21-48H2,1-2H3/b19-17-,20-18-. The molecule has 0 amide bonds. The Kier molecular flexibility index (Phi) is 51.7. The van der Waals surface area contributed by atoms with Crippen molar-refractivity contribution in [1.82, 2.24) is 0 Å². The van der Waals surface area contributed by atoms with Crippen molar-refractivity contribution < 1.29 is 47.5 Å². The Morgan fingerprint density at radius 2 is 0.500 bits per heavy atom. The summed E-state index contributed by atoms with van der Waals surface area (Å²) in [6.07, 6.45) is 42.7. The fraction of sp³-hybridized carbons (Fsp3) is 0.880. The Balaban J connectivity index is 3.22. The lowest BCUT2D eigenvalue weighted by atomic mass is 10.1. The molecule has 0 unspecified atom stereocenters. The lowest BCUT2D eigenvalue weighted by Crippen LogP contribution is -2.15. The fourth-order valence-electron chi connectivity index (χ4n) is 6.45. The van der Waals surface area contributed by atoms with E-state index in [9.17, 15) is 9.59 Å². The van der Waals surface area contributed by atoms with Crippen LogP contribution in [0.15, 0.2) is 24.3 Å². The normalized spacial score (nSPS) is 11.7. The summed E-state index contributed by atoms with van der Waals surface area (Å²) in [5.74, 6) is -0.282. The molecular weight excluding hydrogens is 761 g/mol. The highest BCUT2D eigenvalue weighted by Crippen LogP contribution is 2.12. The highest BCUT2D eigenvalue weighted by Gasteiger charge is 2.04. The quantitative estimate of drug-likeness (QED) is 0.0333. The Morgan fingerprint density at radius 3 is 0.767 bits per heavy atom. The van der Waals surface area contributed by atoms with Gasteiger partial charge < -0.3 is 37.9 Å². The molecule has 0 aliphatic carbocycles. The topological polar surface area (TPSA) is 108 Å². The van der Waals surface area contributed by atoms with E-state index in [2.05, 4.69) is 38.2 Å². The maximum atomic E-state index is 11.9. The number of unbranched alkanes of at least 4 members (excludes halogenated alkanes) is 22. The molecule has 10 heteroatoms. The van der Waals surface area contributed by atoms with Gasteiger partial charge in [0.1, 0.15) is 13.2 Å². The molecule has 0 aliphatic rings. The van der Waals surface area contributed by atoms with Crippen LogP contribution in [-0.4, -0.2) is 104 Å². The zero-order valence-corrected chi connectivity index (χ0v) is 39.1. The third kappa shape index (κ3) is 52.3. The Morgan fingerprint density at radius 1 is 0.283 bits per heavy atom. The maximum Gasteiger partial charge on any atom is 0.305 e. The summed E-state index contributed by atoms with van der Waals surface area (Å²) >= 11 is 0. The van der Waals surface area contributed by atoms with Crippen LogP contribution in [0.4, 0.5) is 0 Å².